The van der Waals surface area contributed by atoms with E-state index in [0.29, 0.717) is 13.0 Å². The average Bonchev–Trinajstić information content (AvgIpc) is 2.08. The first-order valence-corrected chi connectivity index (χ1v) is 3.83. The van der Waals surface area contributed by atoms with E-state index in [2.05, 4.69) is 16.6 Å². The van der Waals surface area contributed by atoms with E-state index in [0.717, 1.165) is 0 Å². The van der Waals surface area contributed by atoms with Gasteiger partial charge in [-0.15, -0.1) is 6.42 Å². The number of amides is 2. The zero-order valence-electron chi connectivity index (χ0n) is 7.17. The van der Waals surface area contributed by atoms with Crippen molar-refractivity contribution in [2.75, 3.05) is 13.1 Å². The molecule has 0 radical (unpaired) electrons. The van der Waals surface area contributed by atoms with Gasteiger partial charge in [-0.05, 0) is 6.42 Å². The van der Waals surface area contributed by atoms with Crippen LogP contribution in [-0.2, 0) is 4.79 Å². The number of carboxylic acids is 1. The number of terminal acetylenes is 1. The van der Waals surface area contributed by atoms with E-state index in [-0.39, 0.29) is 19.0 Å². The molecule has 0 aliphatic rings. The van der Waals surface area contributed by atoms with E-state index < -0.39 is 5.97 Å². The molecule has 0 fully saturated rings. The molecule has 0 aromatic rings. The number of hydrogen-bond acceptors (Lipinski definition) is 2. The molecule has 0 heterocycles. The highest BCUT2D eigenvalue weighted by Crippen LogP contribution is 1.85. The fourth-order valence-electron chi connectivity index (χ4n) is 0.635. The number of carboxylic acid groups (broad SMARTS) is 1. The van der Waals surface area contributed by atoms with Gasteiger partial charge < -0.3 is 15.7 Å². The zero-order valence-corrected chi connectivity index (χ0v) is 7.17. The van der Waals surface area contributed by atoms with Gasteiger partial charge in [0.15, 0.2) is 0 Å². The largest absolute Gasteiger partial charge is 0.481 e. The highest BCUT2D eigenvalue weighted by Gasteiger charge is 1.99. The van der Waals surface area contributed by atoms with Gasteiger partial charge in [-0.3, -0.25) is 4.79 Å². The van der Waals surface area contributed by atoms with Gasteiger partial charge >= 0.3 is 12.0 Å². The fourth-order valence-corrected chi connectivity index (χ4v) is 0.635. The summed E-state index contributed by atoms with van der Waals surface area (Å²) in [6.45, 7) is 0.507. The van der Waals surface area contributed by atoms with Crippen LogP contribution in [0.2, 0.25) is 0 Å². The molecule has 0 aromatic heterocycles. The normalized spacial score (nSPS) is 8.54. The van der Waals surface area contributed by atoms with Gasteiger partial charge in [0.25, 0.3) is 0 Å². The minimum absolute atomic E-state index is 0.0510. The van der Waals surface area contributed by atoms with Crippen LogP contribution in [0.25, 0.3) is 0 Å². The molecule has 0 bridgehead atoms. The quantitative estimate of drug-likeness (QED) is 0.408. The Morgan fingerprint density at radius 2 is 2.08 bits per heavy atom. The topological polar surface area (TPSA) is 78.4 Å². The molecule has 72 valence electrons. The molecule has 0 aliphatic heterocycles. The Morgan fingerprint density at radius 1 is 1.38 bits per heavy atom. The molecule has 0 aromatic carbocycles. The third-order valence-corrected chi connectivity index (χ3v) is 1.20. The van der Waals surface area contributed by atoms with Crippen LogP contribution in [0.3, 0.4) is 0 Å². The molecule has 0 spiro atoms. The van der Waals surface area contributed by atoms with Crippen molar-refractivity contribution in [3.05, 3.63) is 0 Å². The van der Waals surface area contributed by atoms with Gasteiger partial charge in [0.2, 0.25) is 0 Å². The van der Waals surface area contributed by atoms with E-state index >= 15 is 0 Å². The van der Waals surface area contributed by atoms with Gasteiger partial charge in [0.05, 0.1) is 6.54 Å². The first-order valence-electron chi connectivity index (χ1n) is 3.83. The van der Waals surface area contributed by atoms with E-state index in [9.17, 15) is 9.59 Å². The van der Waals surface area contributed by atoms with Crippen LogP contribution in [0.4, 0.5) is 4.79 Å². The minimum atomic E-state index is -0.870. The maximum absolute atomic E-state index is 10.8. The number of hydrogen-bond donors (Lipinski definition) is 3. The number of urea groups is 1. The first-order chi connectivity index (χ1) is 6.16. The maximum atomic E-state index is 10.8. The maximum Gasteiger partial charge on any atom is 0.315 e. The summed E-state index contributed by atoms with van der Waals surface area (Å²) in [6, 6.07) is -0.372. The lowest BCUT2D eigenvalue weighted by Gasteiger charge is -2.03. The molecule has 0 atom stereocenters. The Labute approximate surface area is 76.5 Å². The Kier molecular flexibility index (Phi) is 6.06. The molecule has 5 heteroatoms. The molecule has 2 amide bonds. The summed E-state index contributed by atoms with van der Waals surface area (Å²) in [6.07, 6.45) is 5.37. The molecular formula is C8H12N2O3. The monoisotopic (exact) mass is 184 g/mol. The van der Waals surface area contributed by atoms with Crippen molar-refractivity contribution in [2.45, 2.75) is 12.8 Å². The predicted octanol–water partition coefficient (Wildman–Crippen LogP) is -0.216. The SMILES string of the molecule is C#CCNC(=O)NCCCC(=O)O. The number of rotatable bonds is 5. The highest BCUT2D eigenvalue weighted by atomic mass is 16.4. The first kappa shape index (κ1) is 11.3. The molecule has 0 saturated carbocycles. The number of carbonyl (C=O) groups is 2. The van der Waals surface area contributed by atoms with Gasteiger partial charge in [0.1, 0.15) is 0 Å². The van der Waals surface area contributed by atoms with Gasteiger partial charge in [-0.1, -0.05) is 5.92 Å². The molecular weight excluding hydrogens is 172 g/mol. The highest BCUT2D eigenvalue weighted by molar-refractivity contribution is 5.74. The number of carbonyl (C=O) groups excluding carboxylic acids is 1. The fraction of sp³-hybridized carbons (Fsp3) is 0.500. The van der Waals surface area contributed by atoms with Crippen LogP contribution in [-0.4, -0.2) is 30.2 Å². The molecule has 0 aliphatic carbocycles. The van der Waals surface area contributed by atoms with Crippen LogP contribution >= 0.6 is 0 Å². The van der Waals surface area contributed by atoms with E-state index in [4.69, 9.17) is 11.5 Å². The van der Waals surface area contributed by atoms with E-state index in [1.807, 2.05) is 0 Å². The lowest BCUT2D eigenvalue weighted by molar-refractivity contribution is -0.137. The summed E-state index contributed by atoms with van der Waals surface area (Å²) in [7, 11) is 0. The Hall–Kier alpha value is -1.70. The predicted molar refractivity (Wildman–Crippen MR) is 47.1 cm³/mol. The second kappa shape index (κ2) is 6.98. The smallest absolute Gasteiger partial charge is 0.315 e. The van der Waals surface area contributed by atoms with Gasteiger partial charge in [-0.25, -0.2) is 4.79 Å². The van der Waals surface area contributed by atoms with Gasteiger partial charge in [0, 0.05) is 13.0 Å². The van der Waals surface area contributed by atoms with Crippen LogP contribution in [0.15, 0.2) is 0 Å². The molecule has 0 saturated heterocycles. The lowest BCUT2D eigenvalue weighted by Crippen LogP contribution is -2.36. The van der Waals surface area contributed by atoms with E-state index in [1.165, 1.54) is 0 Å². The molecule has 3 N–H and O–H groups in total. The van der Waals surface area contributed by atoms with Crippen LogP contribution in [0.5, 0.6) is 0 Å². The molecule has 5 nitrogen and oxygen atoms in total. The average molecular weight is 184 g/mol. The minimum Gasteiger partial charge on any atom is -0.481 e. The molecule has 0 rings (SSSR count). The summed E-state index contributed by atoms with van der Waals surface area (Å²) in [4.78, 5) is 20.8. The number of aliphatic carboxylic acids is 1. The standard InChI is InChI=1S/C8H12N2O3/c1-2-5-9-8(13)10-6-3-4-7(11)12/h1H,3-6H2,(H,11,12)(H2,9,10,13). The van der Waals surface area contributed by atoms with Crippen molar-refractivity contribution >= 4 is 12.0 Å². The zero-order chi connectivity index (χ0) is 10.1. The third kappa shape index (κ3) is 8.20. The summed E-state index contributed by atoms with van der Waals surface area (Å²) in [5.41, 5.74) is 0. The summed E-state index contributed by atoms with van der Waals surface area (Å²) < 4.78 is 0. The molecule has 0 unspecified atom stereocenters. The summed E-state index contributed by atoms with van der Waals surface area (Å²) in [5.74, 6) is 1.37. The van der Waals surface area contributed by atoms with Crippen molar-refractivity contribution in [2.24, 2.45) is 0 Å². The number of nitrogens with one attached hydrogen (secondary N) is 2. The van der Waals surface area contributed by atoms with Crippen molar-refractivity contribution in [3.8, 4) is 12.3 Å². The summed E-state index contributed by atoms with van der Waals surface area (Å²) in [5, 5.41) is 13.1. The van der Waals surface area contributed by atoms with Crippen molar-refractivity contribution < 1.29 is 14.7 Å². The Balaban J connectivity index is 3.28. The van der Waals surface area contributed by atoms with Crippen molar-refractivity contribution in [1.29, 1.82) is 0 Å². The summed E-state index contributed by atoms with van der Waals surface area (Å²) >= 11 is 0. The van der Waals surface area contributed by atoms with Crippen LogP contribution < -0.4 is 10.6 Å². The second-order valence-electron chi connectivity index (χ2n) is 2.31. The molecule has 13 heavy (non-hydrogen) atoms. The van der Waals surface area contributed by atoms with Gasteiger partial charge in [-0.2, -0.15) is 0 Å². The third-order valence-electron chi connectivity index (χ3n) is 1.20. The Bertz CT molecular complexity index is 220. The van der Waals surface area contributed by atoms with Crippen molar-refractivity contribution in [1.82, 2.24) is 10.6 Å². The van der Waals surface area contributed by atoms with Crippen LogP contribution in [0, 0.1) is 12.3 Å². The van der Waals surface area contributed by atoms with Crippen LogP contribution in [0.1, 0.15) is 12.8 Å². The lowest BCUT2D eigenvalue weighted by atomic mass is 10.3. The Morgan fingerprint density at radius 3 is 2.62 bits per heavy atom. The van der Waals surface area contributed by atoms with E-state index in [1.54, 1.807) is 0 Å². The second-order valence-corrected chi connectivity index (χ2v) is 2.31. The van der Waals surface area contributed by atoms with Crippen molar-refractivity contribution in [3.63, 3.8) is 0 Å².